The molecule has 0 radical (unpaired) electrons. The van der Waals surface area contributed by atoms with Gasteiger partial charge in [0.15, 0.2) is 30.3 Å². The fourth-order valence-corrected chi connectivity index (χ4v) is 6.43. The van der Waals surface area contributed by atoms with Crippen molar-refractivity contribution in [1.82, 2.24) is 9.55 Å². The third-order valence-electron chi connectivity index (χ3n) is 6.62. The van der Waals surface area contributed by atoms with Gasteiger partial charge in [-0.05, 0) is 13.8 Å². The molecule has 3 fully saturated rings. The van der Waals surface area contributed by atoms with E-state index in [0.29, 0.717) is 0 Å². The van der Waals surface area contributed by atoms with E-state index in [4.69, 9.17) is 37.9 Å². The highest BCUT2D eigenvalue weighted by Crippen LogP contribution is 2.44. The molecule has 0 aromatic carbocycles. The Morgan fingerprint density at radius 2 is 1.47 bits per heavy atom. The van der Waals surface area contributed by atoms with Crippen molar-refractivity contribution in [3.8, 4) is 0 Å². The van der Waals surface area contributed by atoms with Crippen molar-refractivity contribution in [3.63, 3.8) is 0 Å². The third-order valence-corrected chi connectivity index (χ3v) is 7.85. The summed E-state index contributed by atoms with van der Waals surface area (Å²) in [4.78, 5) is 74.1. The molecule has 0 unspecified atom stereocenters. The first-order valence-corrected chi connectivity index (χ1v) is 14.4. The van der Waals surface area contributed by atoms with E-state index < -0.39 is 95.3 Å². The first-order chi connectivity index (χ1) is 20.1. The fraction of sp³-hybridized carbons (Fsp3) is 0.692. The average molecular weight is 631 g/mol. The van der Waals surface area contributed by atoms with Crippen LogP contribution in [0.2, 0.25) is 0 Å². The summed E-state index contributed by atoms with van der Waals surface area (Å²) in [5, 5.41) is 0. The number of hydrogen-bond donors (Lipinski definition) is 1. The lowest BCUT2D eigenvalue weighted by Gasteiger charge is -2.44. The number of ether oxygens (including phenoxy) is 8. The minimum atomic E-state index is -1.31. The number of aromatic nitrogens is 2. The molecular weight excluding hydrogens is 596 g/mol. The van der Waals surface area contributed by atoms with Gasteiger partial charge in [0.1, 0.15) is 30.4 Å². The molecule has 3 saturated heterocycles. The van der Waals surface area contributed by atoms with Crippen molar-refractivity contribution in [2.75, 3.05) is 12.4 Å². The molecule has 238 valence electrons. The maximum atomic E-state index is 12.6. The van der Waals surface area contributed by atoms with Gasteiger partial charge in [0.25, 0.3) is 5.56 Å². The van der Waals surface area contributed by atoms with E-state index >= 15 is 0 Å². The Labute approximate surface area is 249 Å². The third kappa shape index (κ3) is 7.83. The van der Waals surface area contributed by atoms with Crippen LogP contribution in [0.25, 0.3) is 0 Å². The van der Waals surface area contributed by atoms with Gasteiger partial charge >= 0.3 is 29.6 Å². The highest BCUT2D eigenvalue weighted by Gasteiger charge is 2.57. The summed E-state index contributed by atoms with van der Waals surface area (Å²) in [6.45, 7) is 7.67. The Kier molecular flexibility index (Phi) is 10.0. The summed E-state index contributed by atoms with van der Waals surface area (Å²) in [5.74, 6) is -3.72. The Morgan fingerprint density at radius 1 is 0.860 bits per heavy atom. The number of aromatic amines is 1. The van der Waals surface area contributed by atoms with Crippen LogP contribution in [0.1, 0.15) is 47.8 Å². The number of rotatable bonds is 9. The fourth-order valence-electron chi connectivity index (χ4n) is 5.16. The number of nitrogens with zero attached hydrogens (tertiary/aromatic N) is 1. The van der Waals surface area contributed by atoms with Crippen LogP contribution < -0.4 is 11.2 Å². The van der Waals surface area contributed by atoms with Crippen LogP contribution in [-0.4, -0.2) is 99.7 Å². The normalized spacial score (nSPS) is 32.8. The van der Waals surface area contributed by atoms with Gasteiger partial charge in [0, 0.05) is 45.7 Å². The Balaban J connectivity index is 1.62. The van der Waals surface area contributed by atoms with E-state index in [1.165, 1.54) is 23.8 Å². The minimum Gasteiger partial charge on any atom is -0.463 e. The molecule has 3 aliphatic heterocycles. The van der Waals surface area contributed by atoms with Gasteiger partial charge in [-0.15, -0.1) is 11.8 Å². The maximum absolute atomic E-state index is 12.6. The molecule has 1 aromatic heterocycles. The summed E-state index contributed by atoms with van der Waals surface area (Å²) in [6, 6.07) is 1.18. The highest BCUT2D eigenvalue weighted by molar-refractivity contribution is 7.99. The Morgan fingerprint density at radius 3 is 2.07 bits per heavy atom. The molecule has 0 saturated carbocycles. The van der Waals surface area contributed by atoms with E-state index in [1.807, 2.05) is 0 Å². The second kappa shape index (κ2) is 13.2. The topological polar surface area (TPSA) is 197 Å². The molecule has 1 N–H and O–H groups in total. The van der Waals surface area contributed by atoms with Crippen molar-refractivity contribution in [2.45, 2.75) is 102 Å². The molecule has 1 aromatic rings. The molecule has 43 heavy (non-hydrogen) atoms. The number of carbonyl (C=O) groups is 4. The largest absolute Gasteiger partial charge is 0.463 e. The quantitative estimate of drug-likeness (QED) is 0.277. The number of H-pyrrole nitrogens is 1. The van der Waals surface area contributed by atoms with E-state index in [0.717, 1.165) is 32.5 Å². The predicted molar refractivity (Wildman–Crippen MR) is 143 cm³/mol. The summed E-state index contributed by atoms with van der Waals surface area (Å²) in [5.41, 5.74) is -2.30. The second-order valence-electron chi connectivity index (χ2n) is 10.5. The van der Waals surface area contributed by atoms with Gasteiger partial charge in [-0.3, -0.25) is 33.5 Å². The molecule has 0 spiro atoms. The molecular formula is C26H34N2O14S. The second-order valence-corrected chi connectivity index (χ2v) is 11.7. The van der Waals surface area contributed by atoms with Crippen LogP contribution in [-0.2, 0) is 57.1 Å². The van der Waals surface area contributed by atoms with Crippen LogP contribution >= 0.6 is 11.8 Å². The summed E-state index contributed by atoms with van der Waals surface area (Å²) in [6.07, 6.45) is -6.68. The lowest BCUT2D eigenvalue weighted by atomic mass is 9.99. The van der Waals surface area contributed by atoms with Crippen LogP contribution in [0.3, 0.4) is 0 Å². The van der Waals surface area contributed by atoms with Gasteiger partial charge in [-0.2, -0.15) is 0 Å². The van der Waals surface area contributed by atoms with Crippen molar-refractivity contribution >= 4 is 35.6 Å². The molecule has 4 heterocycles. The van der Waals surface area contributed by atoms with E-state index in [1.54, 1.807) is 13.8 Å². The van der Waals surface area contributed by atoms with Gasteiger partial charge < -0.3 is 37.9 Å². The van der Waals surface area contributed by atoms with E-state index in [-0.39, 0.29) is 12.4 Å². The monoisotopic (exact) mass is 630 g/mol. The number of esters is 4. The Hall–Kier alpha value is -3.25. The lowest BCUT2D eigenvalue weighted by Crippen LogP contribution is -2.61. The number of hydrogen-bond acceptors (Lipinski definition) is 15. The van der Waals surface area contributed by atoms with Crippen LogP contribution in [0.5, 0.6) is 0 Å². The zero-order chi connectivity index (χ0) is 31.6. The molecule has 9 atom stereocenters. The molecule has 0 aliphatic carbocycles. The van der Waals surface area contributed by atoms with E-state index in [9.17, 15) is 28.8 Å². The number of nitrogens with one attached hydrogen (secondary N) is 1. The number of thioether (sulfide) groups is 1. The van der Waals surface area contributed by atoms with Crippen LogP contribution in [0.15, 0.2) is 21.9 Å². The first-order valence-electron chi connectivity index (χ1n) is 13.4. The van der Waals surface area contributed by atoms with Crippen molar-refractivity contribution < 1.29 is 57.1 Å². The maximum Gasteiger partial charge on any atom is 0.330 e. The van der Waals surface area contributed by atoms with Gasteiger partial charge in [-0.25, -0.2) is 4.79 Å². The van der Waals surface area contributed by atoms with Crippen molar-refractivity contribution in [3.05, 3.63) is 33.1 Å². The molecule has 0 bridgehead atoms. The van der Waals surface area contributed by atoms with Crippen molar-refractivity contribution in [1.29, 1.82) is 0 Å². The van der Waals surface area contributed by atoms with Gasteiger partial charge in [0.05, 0.1) is 6.10 Å². The average Bonchev–Trinajstić information content (AvgIpc) is 3.36. The Bertz CT molecular complexity index is 1340. The van der Waals surface area contributed by atoms with Crippen LogP contribution in [0, 0.1) is 0 Å². The molecule has 17 heteroatoms. The van der Waals surface area contributed by atoms with Crippen LogP contribution in [0.4, 0.5) is 0 Å². The highest BCUT2D eigenvalue weighted by atomic mass is 32.2. The van der Waals surface area contributed by atoms with Gasteiger partial charge in [-0.1, -0.05) is 0 Å². The molecule has 16 nitrogen and oxygen atoms in total. The SMILES string of the molecule is CC(=O)OC[C@H]1O[C@@H](SC[C@H]2O[C@@H](n3ccc(=O)[nH]c3=O)[C@@H]3OC(C)(C)O[C@@H]32)[C@H](OC(C)=O)[C@@H](OC(C)=O)[C@H]1OC(C)=O. The zero-order valence-electron chi connectivity index (χ0n) is 24.3. The smallest absolute Gasteiger partial charge is 0.330 e. The zero-order valence-corrected chi connectivity index (χ0v) is 25.2. The number of carbonyl (C=O) groups excluding carboxylic acids is 4. The van der Waals surface area contributed by atoms with E-state index in [2.05, 4.69) is 4.98 Å². The van der Waals surface area contributed by atoms with Crippen molar-refractivity contribution in [2.24, 2.45) is 0 Å². The predicted octanol–water partition coefficient (Wildman–Crippen LogP) is -0.230. The molecule has 3 aliphatic rings. The molecule has 0 amide bonds. The summed E-state index contributed by atoms with van der Waals surface area (Å²) in [7, 11) is 0. The summed E-state index contributed by atoms with van der Waals surface area (Å²) >= 11 is 1.11. The molecule has 4 rings (SSSR count). The lowest BCUT2D eigenvalue weighted by molar-refractivity contribution is -0.237. The van der Waals surface area contributed by atoms with Gasteiger partial charge in [0.2, 0.25) is 0 Å². The summed E-state index contributed by atoms with van der Waals surface area (Å²) < 4.78 is 47.2. The number of fused-ring (bicyclic) bond motifs is 1. The minimum absolute atomic E-state index is 0.128. The standard InChI is InChI=1S/C26H34N2O14S/c1-11(29)35-9-15-18(36-12(2)30)20(37-13(3)31)22(38-14(4)32)24(40-15)43-10-16-19-21(42-26(5,6)41-19)23(39-16)28-8-7-17(33)27-25(28)34/h7-8,15-16,18-24H,9-10H2,1-6H3,(H,27,33,34)/t15-,16-,18+,19-,20+,21-,22-,23-,24+/m1/s1. The first kappa shape index (κ1) is 32.7.